The summed E-state index contributed by atoms with van der Waals surface area (Å²) in [6.45, 7) is 0. The van der Waals surface area contributed by atoms with Crippen LogP contribution in [0.2, 0.25) is 5.02 Å². The van der Waals surface area contributed by atoms with Gasteiger partial charge in [0.1, 0.15) is 11.6 Å². The van der Waals surface area contributed by atoms with Crippen molar-refractivity contribution in [2.75, 3.05) is 0 Å². The average molecular weight is 397 g/mol. The molecule has 0 aliphatic rings. The van der Waals surface area contributed by atoms with E-state index in [4.69, 9.17) is 16.3 Å². The fourth-order valence-corrected chi connectivity index (χ4v) is 2.49. The van der Waals surface area contributed by atoms with Gasteiger partial charge in [0.2, 0.25) is 0 Å². The lowest BCUT2D eigenvalue weighted by atomic mass is 10.2. The summed E-state index contributed by atoms with van der Waals surface area (Å²) in [7, 11) is 0. The molecule has 1 amide bonds. The third-order valence-corrected chi connectivity index (χ3v) is 4.01. The Hall–Kier alpha value is -3.51. The maximum Gasteiger partial charge on any atom is 0.345 e. The summed E-state index contributed by atoms with van der Waals surface area (Å²) in [5, 5.41) is 4.10. The van der Waals surface area contributed by atoms with Crippen molar-refractivity contribution in [1.82, 2.24) is 5.43 Å². The second-order valence-electron chi connectivity index (χ2n) is 5.62. The standard InChI is InChI=1S/C21H14ClFN2O3/c22-18-7-3-1-5-16(18)21(27)28-15-11-9-14(10-12-15)13-24-25-20(26)17-6-2-4-8-19(17)23/h1-13H,(H,25,26). The van der Waals surface area contributed by atoms with Crippen LogP contribution in [0.3, 0.4) is 0 Å². The number of hydrazone groups is 1. The Balaban J connectivity index is 1.59. The van der Waals surface area contributed by atoms with E-state index < -0.39 is 17.7 Å². The molecule has 140 valence electrons. The summed E-state index contributed by atoms with van der Waals surface area (Å²) in [5.74, 6) is -1.51. The van der Waals surface area contributed by atoms with Crippen molar-refractivity contribution in [3.05, 3.63) is 100 Å². The van der Waals surface area contributed by atoms with Crippen LogP contribution in [-0.4, -0.2) is 18.1 Å². The number of rotatable bonds is 5. The van der Waals surface area contributed by atoms with Crippen LogP contribution >= 0.6 is 11.6 Å². The van der Waals surface area contributed by atoms with Crippen LogP contribution in [0.15, 0.2) is 77.9 Å². The highest BCUT2D eigenvalue weighted by molar-refractivity contribution is 6.33. The fourth-order valence-electron chi connectivity index (χ4n) is 2.28. The van der Waals surface area contributed by atoms with E-state index in [9.17, 15) is 14.0 Å². The number of carbonyl (C=O) groups excluding carboxylic acids is 2. The lowest BCUT2D eigenvalue weighted by molar-refractivity contribution is 0.0734. The van der Waals surface area contributed by atoms with E-state index in [1.54, 1.807) is 54.6 Å². The predicted octanol–water partition coefficient (Wildman–Crippen LogP) is 4.46. The average Bonchev–Trinajstić information content (AvgIpc) is 2.70. The van der Waals surface area contributed by atoms with Crippen LogP contribution in [0.4, 0.5) is 4.39 Å². The highest BCUT2D eigenvalue weighted by Crippen LogP contribution is 2.19. The highest BCUT2D eigenvalue weighted by Gasteiger charge is 2.12. The van der Waals surface area contributed by atoms with Crippen molar-refractivity contribution in [2.45, 2.75) is 0 Å². The van der Waals surface area contributed by atoms with Crippen LogP contribution in [-0.2, 0) is 0 Å². The topological polar surface area (TPSA) is 67.8 Å². The third-order valence-electron chi connectivity index (χ3n) is 3.68. The number of hydrogen-bond donors (Lipinski definition) is 1. The number of nitrogens with zero attached hydrogens (tertiary/aromatic N) is 1. The van der Waals surface area contributed by atoms with Gasteiger partial charge in [-0.1, -0.05) is 35.9 Å². The maximum atomic E-state index is 13.5. The van der Waals surface area contributed by atoms with E-state index in [2.05, 4.69) is 10.5 Å². The molecule has 0 saturated heterocycles. The number of esters is 1. The molecular weight excluding hydrogens is 383 g/mol. The summed E-state index contributed by atoms with van der Waals surface area (Å²) in [6, 6.07) is 18.7. The molecule has 0 bridgehead atoms. The van der Waals surface area contributed by atoms with E-state index in [1.807, 2.05) is 0 Å². The normalized spacial score (nSPS) is 10.6. The van der Waals surface area contributed by atoms with Crippen molar-refractivity contribution < 1.29 is 18.7 Å². The van der Waals surface area contributed by atoms with Gasteiger partial charge < -0.3 is 4.74 Å². The van der Waals surface area contributed by atoms with Gasteiger partial charge in [-0.3, -0.25) is 4.79 Å². The quantitative estimate of drug-likeness (QED) is 0.299. The Kier molecular flexibility index (Phi) is 6.14. The molecule has 0 aliphatic heterocycles. The molecule has 0 unspecified atom stereocenters. The second kappa shape index (κ2) is 8.92. The molecule has 0 aliphatic carbocycles. The van der Waals surface area contributed by atoms with E-state index >= 15 is 0 Å². The first-order valence-corrected chi connectivity index (χ1v) is 8.57. The van der Waals surface area contributed by atoms with Crippen LogP contribution in [0.25, 0.3) is 0 Å². The Bertz CT molecular complexity index is 1040. The molecule has 0 heterocycles. The number of ether oxygens (including phenoxy) is 1. The predicted molar refractivity (Wildman–Crippen MR) is 104 cm³/mol. The van der Waals surface area contributed by atoms with E-state index in [1.165, 1.54) is 24.4 Å². The van der Waals surface area contributed by atoms with Gasteiger partial charge in [0, 0.05) is 0 Å². The molecule has 3 rings (SSSR count). The molecule has 3 aromatic carbocycles. The van der Waals surface area contributed by atoms with Gasteiger partial charge in [0.25, 0.3) is 5.91 Å². The van der Waals surface area contributed by atoms with Crippen LogP contribution in [0.1, 0.15) is 26.3 Å². The third kappa shape index (κ3) is 4.81. The summed E-state index contributed by atoms with van der Waals surface area (Å²) in [4.78, 5) is 24.0. The maximum absolute atomic E-state index is 13.5. The molecule has 0 fully saturated rings. The monoisotopic (exact) mass is 396 g/mol. The fraction of sp³-hybridized carbons (Fsp3) is 0. The first-order valence-electron chi connectivity index (χ1n) is 8.19. The van der Waals surface area contributed by atoms with Gasteiger partial charge in [-0.15, -0.1) is 0 Å². The minimum absolute atomic E-state index is 0.0958. The van der Waals surface area contributed by atoms with Gasteiger partial charge in [0.05, 0.1) is 22.4 Å². The number of hydrogen-bond acceptors (Lipinski definition) is 4. The van der Waals surface area contributed by atoms with E-state index in [0.717, 1.165) is 0 Å². The molecule has 0 radical (unpaired) electrons. The zero-order valence-electron chi connectivity index (χ0n) is 14.4. The Morgan fingerprint density at radius 2 is 1.57 bits per heavy atom. The zero-order valence-corrected chi connectivity index (χ0v) is 15.2. The SMILES string of the molecule is O=C(NN=Cc1ccc(OC(=O)c2ccccc2Cl)cc1)c1ccccc1F. The molecule has 28 heavy (non-hydrogen) atoms. The minimum Gasteiger partial charge on any atom is -0.423 e. The van der Waals surface area contributed by atoms with Gasteiger partial charge in [-0.25, -0.2) is 14.6 Å². The van der Waals surface area contributed by atoms with Gasteiger partial charge in [-0.2, -0.15) is 5.10 Å². The minimum atomic E-state index is -0.653. The lowest BCUT2D eigenvalue weighted by Gasteiger charge is -2.06. The molecule has 0 atom stereocenters. The number of benzene rings is 3. The molecule has 0 spiro atoms. The first-order chi connectivity index (χ1) is 13.5. The number of nitrogens with one attached hydrogen (secondary N) is 1. The molecule has 3 aromatic rings. The van der Waals surface area contributed by atoms with Crippen molar-refractivity contribution >= 4 is 29.7 Å². The Morgan fingerprint density at radius 1 is 0.929 bits per heavy atom. The Labute approximate surface area is 165 Å². The van der Waals surface area contributed by atoms with Crippen molar-refractivity contribution in [2.24, 2.45) is 5.10 Å². The van der Waals surface area contributed by atoms with E-state index in [0.29, 0.717) is 16.3 Å². The van der Waals surface area contributed by atoms with Crippen LogP contribution in [0.5, 0.6) is 5.75 Å². The second-order valence-corrected chi connectivity index (χ2v) is 6.02. The number of amides is 1. The van der Waals surface area contributed by atoms with E-state index in [-0.39, 0.29) is 11.1 Å². The largest absolute Gasteiger partial charge is 0.423 e. The molecule has 0 saturated carbocycles. The number of halogens is 2. The van der Waals surface area contributed by atoms with Gasteiger partial charge in [0.15, 0.2) is 0 Å². The zero-order chi connectivity index (χ0) is 19.9. The van der Waals surface area contributed by atoms with Gasteiger partial charge >= 0.3 is 5.97 Å². The lowest BCUT2D eigenvalue weighted by Crippen LogP contribution is -2.18. The number of carbonyl (C=O) groups is 2. The van der Waals surface area contributed by atoms with Crippen LogP contribution < -0.4 is 10.2 Å². The van der Waals surface area contributed by atoms with Crippen molar-refractivity contribution in [3.8, 4) is 5.75 Å². The summed E-state index contributed by atoms with van der Waals surface area (Å²) < 4.78 is 18.8. The Morgan fingerprint density at radius 3 is 2.25 bits per heavy atom. The molecule has 5 nitrogen and oxygen atoms in total. The molecule has 0 aromatic heterocycles. The van der Waals surface area contributed by atoms with Crippen LogP contribution in [0, 0.1) is 5.82 Å². The van der Waals surface area contributed by atoms with Crippen molar-refractivity contribution in [3.63, 3.8) is 0 Å². The summed E-state index contributed by atoms with van der Waals surface area (Å²) in [6.07, 6.45) is 1.39. The summed E-state index contributed by atoms with van der Waals surface area (Å²) in [5.41, 5.74) is 3.07. The summed E-state index contributed by atoms with van der Waals surface area (Å²) >= 11 is 5.97. The smallest absolute Gasteiger partial charge is 0.345 e. The molecule has 1 N–H and O–H groups in total. The van der Waals surface area contributed by atoms with Gasteiger partial charge in [-0.05, 0) is 54.1 Å². The highest BCUT2D eigenvalue weighted by atomic mass is 35.5. The first kappa shape index (κ1) is 19.3. The molecule has 7 heteroatoms. The molecular formula is C21H14ClFN2O3. The van der Waals surface area contributed by atoms with Crippen molar-refractivity contribution in [1.29, 1.82) is 0 Å².